The lowest BCUT2D eigenvalue weighted by atomic mass is 9.86. The van der Waals surface area contributed by atoms with Gasteiger partial charge in [0.1, 0.15) is 0 Å². The summed E-state index contributed by atoms with van der Waals surface area (Å²) in [5, 5.41) is 15.4. The van der Waals surface area contributed by atoms with Crippen molar-refractivity contribution in [1.82, 2.24) is 30.5 Å². The molecule has 1 aliphatic carbocycles. The van der Waals surface area contributed by atoms with Gasteiger partial charge in [0.15, 0.2) is 5.65 Å². The van der Waals surface area contributed by atoms with Crippen molar-refractivity contribution in [3.05, 3.63) is 115 Å². The Bertz CT molecular complexity index is 1650. The normalized spacial score (nSPS) is 14.5. The van der Waals surface area contributed by atoms with Gasteiger partial charge in [-0.3, -0.25) is 15.1 Å². The molecule has 214 valence electrons. The molecule has 0 atom stereocenters. The number of rotatable bonds is 11. The molecule has 4 aromatic rings. The predicted molar refractivity (Wildman–Crippen MR) is 174 cm³/mol. The number of H-pyrrole nitrogens is 1. The Hall–Kier alpha value is -4.78. The third kappa shape index (κ3) is 6.57. The van der Waals surface area contributed by atoms with Gasteiger partial charge in [0, 0.05) is 58.4 Å². The molecule has 5 rings (SSSR count). The molecule has 0 radical (unpaired) electrons. The van der Waals surface area contributed by atoms with Gasteiger partial charge in [0.05, 0.1) is 17.1 Å². The Morgan fingerprint density at radius 1 is 1.10 bits per heavy atom. The van der Waals surface area contributed by atoms with Crippen LogP contribution < -0.4 is 10.6 Å². The monoisotopic (exact) mass is 557 g/mol. The maximum Gasteiger partial charge on any atom is 0.181 e. The quantitative estimate of drug-likeness (QED) is 0.161. The van der Waals surface area contributed by atoms with Gasteiger partial charge in [-0.1, -0.05) is 57.9 Å². The van der Waals surface area contributed by atoms with Crippen molar-refractivity contribution in [1.29, 1.82) is 0 Å². The molecule has 0 spiro atoms. The molecule has 4 heterocycles. The highest BCUT2D eigenvalue weighted by Crippen LogP contribution is 2.31. The Balaban J connectivity index is 1.36. The minimum Gasteiger partial charge on any atom is -0.359 e. The third-order valence-corrected chi connectivity index (χ3v) is 7.89. The number of allylic oxidation sites excluding steroid dienone is 5. The topological polar surface area (TPSA) is 91.4 Å². The van der Waals surface area contributed by atoms with E-state index in [9.17, 15) is 0 Å². The van der Waals surface area contributed by atoms with E-state index in [0.717, 1.165) is 68.5 Å². The molecule has 7 heteroatoms. The van der Waals surface area contributed by atoms with Crippen molar-refractivity contribution < 1.29 is 0 Å². The SMILES string of the molecule is C=C/C(=C\C(=C/C)c1cnc2n[nH]c(C(=C)Nc3ccnc(-c4cccnc4)c3C)c2c1)NC(=C)CC1CCCCC1. The van der Waals surface area contributed by atoms with E-state index in [4.69, 9.17) is 0 Å². The molecule has 42 heavy (non-hydrogen) atoms. The van der Waals surface area contributed by atoms with Gasteiger partial charge in [0.2, 0.25) is 0 Å². The van der Waals surface area contributed by atoms with Crippen LogP contribution >= 0.6 is 0 Å². The highest BCUT2D eigenvalue weighted by Gasteiger charge is 2.16. The van der Waals surface area contributed by atoms with Gasteiger partial charge in [-0.15, -0.1) is 0 Å². The van der Waals surface area contributed by atoms with Crippen molar-refractivity contribution in [3.63, 3.8) is 0 Å². The fourth-order valence-electron chi connectivity index (χ4n) is 5.62. The van der Waals surface area contributed by atoms with Crippen molar-refractivity contribution in [2.75, 3.05) is 5.32 Å². The van der Waals surface area contributed by atoms with Crippen LogP contribution in [0, 0.1) is 12.8 Å². The fourth-order valence-corrected chi connectivity index (χ4v) is 5.62. The summed E-state index contributed by atoms with van der Waals surface area (Å²) in [6.07, 6.45) is 20.8. The highest BCUT2D eigenvalue weighted by molar-refractivity contribution is 5.93. The zero-order valence-corrected chi connectivity index (χ0v) is 24.6. The molecule has 0 saturated heterocycles. The van der Waals surface area contributed by atoms with Crippen LogP contribution in [-0.4, -0.2) is 25.1 Å². The number of hydrogen-bond donors (Lipinski definition) is 3. The standard InChI is InChI=1S/C35H39N7/c1-6-27(19-30(7-2)39-23(3)18-26-12-9-8-10-13-26)29-20-31-34(41-42-35(31)38-22-29)25(5)40-32-15-17-37-33(24(32)4)28-14-11-16-36-21-28/h6-7,11,14-17,19-22,26,39H,2-3,5,8-10,12-13,18H2,1,4H3,(H,37,40)(H,38,41,42)/b27-6+,30-19+. The molecule has 0 aromatic carbocycles. The molecule has 0 bridgehead atoms. The minimum atomic E-state index is 0.626. The molecule has 0 aliphatic heterocycles. The van der Waals surface area contributed by atoms with Crippen LogP contribution in [0.15, 0.2) is 98.4 Å². The second-order valence-electron chi connectivity index (χ2n) is 10.9. The first kappa shape index (κ1) is 28.7. The Kier molecular flexibility index (Phi) is 9.07. The lowest BCUT2D eigenvalue weighted by Crippen LogP contribution is -2.16. The zero-order chi connectivity index (χ0) is 29.5. The first-order valence-electron chi connectivity index (χ1n) is 14.6. The summed E-state index contributed by atoms with van der Waals surface area (Å²) in [5.74, 6) is 0.719. The zero-order valence-electron chi connectivity index (χ0n) is 24.6. The van der Waals surface area contributed by atoms with E-state index in [1.54, 1.807) is 12.4 Å². The van der Waals surface area contributed by atoms with Gasteiger partial charge >= 0.3 is 0 Å². The molecule has 4 aromatic heterocycles. The highest BCUT2D eigenvalue weighted by atomic mass is 15.2. The van der Waals surface area contributed by atoms with Crippen molar-refractivity contribution in [3.8, 4) is 11.3 Å². The van der Waals surface area contributed by atoms with Crippen molar-refractivity contribution in [2.24, 2.45) is 5.92 Å². The maximum absolute atomic E-state index is 4.64. The summed E-state index contributed by atoms with van der Waals surface area (Å²) in [5.41, 5.74) is 9.79. The van der Waals surface area contributed by atoms with E-state index in [2.05, 4.69) is 73.7 Å². The van der Waals surface area contributed by atoms with Crippen LogP contribution in [0.25, 0.3) is 33.6 Å². The van der Waals surface area contributed by atoms with E-state index in [1.807, 2.05) is 50.5 Å². The summed E-state index contributed by atoms with van der Waals surface area (Å²) in [4.78, 5) is 13.5. The molecule has 1 aliphatic rings. The number of anilines is 1. The smallest absolute Gasteiger partial charge is 0.181 e. The molecular formula is C35H39N7. The number of nitrogens with zero attached hydrogens (tertiary/aromatic N) is 4. The number of hydrogen-bond acceptors (Lipinski definition) is 6. The average Bonchev–Trinajstić information content (AvgIpc) is 3.45. The molecule has 7 nitrogen and oxygen atoms in total. The second kappa shape index (κ2) is 13.3. The Morgan fingerprint density at radius 2 is 1.93 bits per heavy atom. The van der Waals surface area contributed by atoms with E-state index in [1.165, 1.54) is 32.1 Å². The fraction of sp³-hybridized carbons (Fsp3) is 0.257. The van der Waals surface area contributed by atoms with Crippen LogP contribution in [0.3, 0.4) is 0 Å². The number of fused-ring (bicyclic) bond motifs is 1. The van der Waals surface area contributed by atoms with Crippen LogP contribution in [0.5, 0.6) is 0 Å². The van der Waals surface area contributed by atoms with E-state index >= 15 is 0 Å². The maximum atomic E-state index is 4.64. The number of aromatic amines is 1. The number of pyridine rings is 3. The van der Waals surface area contributed by atoms with Crippen LogP contribution in [0.4, 0.5) is 5.69 Å². The average molecular weight is 558 g/mol. The first-order valence-corrected chi connectivity index (χ1v) is 14.6. The van der Waals surface area contributed by atoms with Gasteiger partial charge < -0.3 is 10.6 Å². The van der Waals surface area contributed by atoms with Gasteiger partial charge in [0.25, 0.3) is 0 Å². The molecular weight excluding hydrogens is 518 g/mol. The van der Waals surface area contributed by atoms with E-state index < -0.39 is 0 Å². The summed E-state index contributed by atoms with van der Waals surface area (Å²) < 4.78 is 0. The lowest BCUT2D eigenvalue weighted by molar-refractivity contribution is 0.353. The summed E-state index contributed by atoms with van der Waals surface area (Å²) in [6, 6.07) is 7.95. The largest absolute Gasteiger partial charge is 0.359 e. The van der Waals surface area contributed by atoms with E-state index in [-0.39, 0.29) is 0 Å². The van der Waals surface area contributed by atoms with Crippen molar-refractivity contribution >= 4 is 28.0 Å². The number of aromatic nitrogens is 5. The Morgan fingerprint density at radius 3 is 2.67 bits per heavy atom. The van der Waals surface area contributed by atoms with Crippen LogP contribution in [0.1, 0.15) is 62.3 Å². The minimum absolute atomic E-state index is 0.626. The molecule has 0 unspecified atom stereocenters. The Labute approximate surface area is 248 Å². The first-order chi connectivity index (χ1) is 20.5. The molecule has 0 amide bonds. The summed E-state index contributed by atoms with van der Waals surface area (Å²) in [6.45, 7) is 16.7. The summed E-state index contributed by atoms with van der Waals surface area (Å²) in [7, 11) is 0. The van der Waals surface area contributed by atoms with Gasteiger partial charge in [-0.05, 0) is 73.7 Å². The predicted octanol–water partition coefficient (Wildman–Crippen LogP) is 8.35. The summed E-state index contributed by atoms with van der Waals surface area (Å²) >= 11 is 0. The molecule has 1 fully saturated rings. The van der Waals surface area contributed by atoms with Crippen LogP contribution in [-0.2, 0) is 0 Å². The number of nitrogens with one attached hydrogen (secondary N) is 3. The lowest BCUT2D eigenvalue weighted by Gasteiger charge is -2.23. The molecule has 1 saturated carbocycles. The van der Waals surface area contributed by atoms with Crippen LogP contribution in [0.2, 0.25) is 0 Å². The molecule has 3 N–H and O–H groups in total. The third-order valence-electron chi connectivity index (χ3n) is 7.89. The second-order valence-corrected chi connectivity index (χ2v) is 10.9. The van der Waals surface area contributed by atoms with E-state index in [0.29, 0.717) is 11.3 Å². The van der Waals surface area contributed by atoms with Crippen molar-refractivity contribution in [2.45, 2.75) is 52.4 Å². The van der Waals surface area contributed by atoms with Gasteiger partial charge in [-0.2, -0.15) is 5.10 Å². The van der Waals surface area contributed by atoms with Gasteiger partial charge in [-0.25, -0.2) is 4.98 Å².